The lowest BCUT2D eigenvalue weighted by atomic mass is 10.3. The maximum Gasteiger partial charge on any atom is 0.343 e. The molecule has 1 aliphatic heterocycles. The zero-order chi connectivity index (χ0) is 15.7. The number of esters is 1. The summed E-state index contributed by atoms with van der Waals surface area (Å²) in [5.74, 6) is 0.394. The Morgan fingerprint density at radius 1 is 1.36 bits per heavy atom. The predicted octanol–water partition coefficient (Wildman–Crippen LogP) is 0.141. The minimum Gasteiger partial charge on any atom is -0.462 e. The first-order valence-electron chi connectivity index (χ1n) is 6.97. The Morgan fingerprint density at radius 2 is 2.09 bits per heavy atom. The lowest BCUT2D eigenvalue weighted by Crippen LogP contribution is -2.40. The third-order valence-corrected chi connectivity index (χ3v) is 5.13. The summed E-state index contributed by atoms with van der Waals surface area (Å²) in [6.45, 7) is 2.80. The molecule has 0 spiro atoms. The van der Waals surface area contributed by atoms with Gasteiger partial charge in [0.05, 0.1) is 24.3 Å². The highest BCUT2D eigenvalue weighted by molar-refractivity contribution is 7.91. The fourth-order valence-corrected chi connectivity index (χ4v) is 3.53. The molecule has 118 valence electrons. The second-order valence-corrected chi connectivity index (χ2v) is 7.28. The van der Waals surface area contributed by atoms with E-state index in [1.54, 1.807) is 19.2 Å². The van der Waals surface area contributed by atoms with Gasteiger partial charge in [0, 0.05) is 19.3 Å². The number of ether oxygens (including phenoxy) is 1. The zero-order valence-electron chi connectivity index (χ0n) is 12.1. The van der Waals surface area contributed by atoms with Crippen LogP contribution in [0.25, 0.3) is 5.65 Å². The van der Waals surface area contributed by atoms with Gasteiger partial charge in [-0.05, 0) is 13.0 Å². The molecule has 2 aromatic rings. The molecule has 0 radical (unpaired) electrons. The van der Waals surface area contributed by atoms with E-state index in [1.165, 1.54) is 10.7 Å². The first-order chi connectivity index (χ1) is 10.5. The molecule has 1 aliphatic rings. The molecule has 3 heterocycles. The monoisotopic (exact) mass is 324 g/mol. The summed E-state index contributed by atoms with van der Waals surface area (Å²) in [6, 6.07) is 1.76. The van der Waals surface area contributed by atoms with Gasteiger partial charge in [0.25, 0.3) is 0 Å². The van der Waals surface area contributed by atoms with E-state index in [0.29, 0.717) is 30.1 Å². The number of carbonyl (C=O) groups is 1. The summed E-state index contributed by atoms with van der Waals surface area (Å²) < 4.78 is 29.5. The van der Waals surface area contributed by atoms with Crippen LogP contribution in [-0.4, -0.2) is 60.2 Å². The maximum absolute atomic E-state index is 11.9. The number of anilines is 1. The van der Waals surface area contributed by atoms with Crippen LogP contribution < -0.4 is 4.90 Å². The van der Waals surface area contributed by atoms with E-state index in [2.05, 4.69) is 10.1 Å². The zero-order valence-corrected chi connectivity index (χ0v) is 12.9. The Kier molecular flexibility index (Phi) is 3.73. The maximum atomic E-state index is 11.9. The fraction of sp³-hybridized carbons (Fsp3) is 0.462. The quantitative estimate of drug-likeness (QED) is 0.741. The molecule has 0 saturated carbocycles. The van der Waals surface area contributed by atoms with Crippen LogP contribution in [0.4, 0.5) is 5.82 Å². The number of rotatable bonds is 3. The van der Waals surface area contributed by atoms with Crippen molar-refractivity contribution < 1.29 is 17.9 Å². The van der Waals surface area contributed by atoms with Crippen LogP contribution in [0.3, 0.4) is 0 Å². The summed E-state index contributed by atoms with van der Waals surface area (Å²) >= 11 is 0. The molecule has 1 saturated heterocycles. The van der Waals surface area contributed by atoms with Crippen molar-refractivity contribution in [2.75, 3.05) is 36.1 Å². The van der Waals surface area contributed by atoms with Gasteiger partial charge in [0.15, 0.2) is 15.5 Å². The van der Waals surface area contributed by atoms with Crippen molar-refractivity contribution in [2.24, 2.45) is 0 Å². The van der Waals surface area contributed by atoms with E-state index in [0.717, 1.165) is 0 Å². The number of sulfone groups is 1. The molecule has 1 fully saturated rings. The number of carbonyl (C=O) groups excluding carboxylic acids is 1. The summed E-state index contributed by atoms with van der Waals surface area (Å²) in [5, 5.41) is 4.07. The van der Waals surface area contributed by atoms with Crippen LogP contribution in [0.15, 0.2) is 18.5 Å². The summed E-state index contributed by atoms with van der Waals surface area (Å²) in [4.78, 5) is 18.2. The van der Waals surface area contributed by atoms with Gasteiger partial charge in [0.2, 0.25) is 0 Å². The predicted molar refractivity (Wildman–Crippen MR) is 79.8 cm³/mol. The molecule has 3 rings (SSSR count). The molecular weight excluding hydrogens is 308 g/mol. The standard InChI is InChI=1S/C13H16N4O4S/c1-2-21-13(18)10-9-14-17-4-3-11(15-12(10)17)16-5-7-22(19,20)8-6-16/h3-4,9H,2,5-8H2,1H3. The Morgan fingerprint density at radius 3 is 2.77 bits per heavy atom. The van der Waals surface area contributed by atoms with E-state index < -0.39 is 15.8 Å². The van der Waals surface area contributed by atoms with Gasteiger partial charge in [-0.3, -0.25) is 0 Å². The molecule has 0 aromatic carbocycles. The van der Waals surface area contributed by atoms with Gasteiger partial charge in [-0.15, -0.1) is 0 Å². The van der Waals surface area contributed by atoms with Crippen molar-refractivity contribution in [2.45, 2.75) is 6.92 Å². The fourth-order valence-electron chi connectivity index (χ4n) is 2.33. The van der Waals surface area contributed by atoms with Crippen LogP contribution >= 0.6 is 0 Å². The van der Waals surface area contributed by atoms with Gasteiger partial charge in [-0.1, -0.05) is 0 Å². The molecule has 9 heteroatoms. The highest BCUT2D eigenvalue weighted by Crippen LogP contribution is 2.18. The van der Waals surface area contributed by atoms with Gasteiger partial charge in [-0.2, -0.15) is 5.10 Å². The highest BCUT2D eigenvalue weighted by Gasteiger charge is 2.23. The third-order valence-electron chi connectivity index (χ3n) is 3.52. The summed E-state index contributed by atoms with van der Waals surface area (Å²) in [5.41, 5.74) is 0.706. The average molecular weight is 324 g/mol. The third kappa shape index (κ3) is 2.76. The van der Waals surface area contributed by atoms with Gasteiger partial charge >= 0.3 is 5.97 Å². The Balaban J connectivity index is 1.92. The molecule has 8 nitrogen and oxygen atoms in total. The van der Waals surface area contributed by atoms with Crippen LogP contribution in [0, 0.1) is 0 Å². The smallest absolute Gasteiger partial charge is 0.343 e. The van der Waals surface area contributed by atoms with Crippen LogP contribution in [0.2, 0.25) is 0 Å². The Labute approximate surface area is 127 Å². The van der Waals surface area contributed by atoms with Crippen molar-refractivity contribution in [1.29, 1.82) is 0 Å². The lowest BCUT2D eigenvalue weighted by Gasteiger charge is -2.27. The molecule has 0 bridgehead atoms. The normalized spacial score (nSPS) is 17.6. The van der Waals surface area contributed by atoms with Gasteiger partial charge in [-0.25, -0.2) is 22.7 Å². The van der Waals surface area contributed by atoms with Crippen molar-refractivity contribution in [3.63, 3.8) is 0 Å². The van der Waals surface area contributed by atoms with E-state index in [1.807, 2.05) is 4.90 Å². The van der Waals surface area contributed by atoms with Crippen molar-refractivity contribution in [1.82, 2.24) is 14.6 Å². The molecule has 2 aromatic heterocycles. The first-order valence-corrected chi connectivity index (χ1v) is 8.79. The largest absolute Gasteiger partial charge is 0.462 e. The van der Waals surface area contributed by atoms with Crippen molar-refractivity contribution in [3.05, 3.63) is 24.0 Å². The Bertz CT molecular complexity index is 801. The number of hydrogen-bond acceptors (Lipinski definition) is 7. The molecule has 0 amide bonds. The molecule has 22 heavy (non-hydrogen) atoms. The first kappa shape index (κ1) is 14.8. The van der Waals surface area contributed by atoms with E-state index >= 15 is 0 Å². The summed E-state index contributed by atoms with van der Waals surface area (Å²) in [7, 11) is -2.95. The van der Waals surface area contributed by atoms with Crippen LogP contribution in [0.5, 0.6) is 0 Å². The summed E-state index contributed by atoms with van der Waals surface area (Å²) in [6.07, 6.45) is 3.12. The lowest BCUT2D eigenvalue weighted by molar-refractivity contribution is 0.0528. The number of fused-ring (bicyclic) bond motifs is 1. The van der Waals surface area contributed by atoms with Crippen LogP contribution in [0.1, 0.15) is 17.3 Å². The van der Waals surface area contributed by atoms with E-state index in [-0.39, 0.29) is 18.1 Å². The minimum absolute atomic E-state index is 0.115. The van der Waals surface area contributed by atoms with Gasteiger partial charge in [0.1, 0.15) is 11.4 Å². The number of nitrogens with zero attached hydrogens (tertiary/aromatic N) is 4. The second kappa shape index (κ2) is 5.56. The molecular formula is C13H16N4O4S. The van der Waals surface area contributed by atoms with Crippen molar-refractivity contribution in [3.8, 4) is 0 Å². The van der Waals surface area contributed by atoms with Crippen molar-refractivity contribution >= 4 is 27.3 Å². The average Bonchev–Trinajstić information content (AvgIpc) is 2.90. The molecule has 0 N–H and O–H groups in total. The second-order valence-electron chi connectivity index (χ2n) is 4.97. The minimum atomic E-state index is -2.95. The van der Waals surface area contributed by atoms with E-state index in [9.17, 15) is 13.2 Å². The molecule has 0 unspecified atom stereocenters. The molecule has 0 aliphatic carbocycles. The Hall–Kier alpha value is -2.16. The van der Waals surface area contributed by atoms with E-state index in [4.69, 9.17) is 4.74 Å². The molecule has 0 atom stereocenters. The number of hydrogen-bond donors (Lipinski definition) is 0. The number of aromatic nitrogens is 3. The van der Waals surface area contributed by atoms with Crippen LogP contribution in [-0.2, 0) is 14.6 Å². The highest BCUT2D eigenvalue weighted by atomic mass is 32.2. The topological polar surface area (TPSA) is 93.9 Å². The SMILES string of the molecule is CCOC(=O)c1cnn2ccc(N3CCS(=O)(=O)CC3)nc12. The van der Waals surface area contributed by atoms with Gasteiger partial charge < -0.3 is 9.64 Å².